The molecule has 2 aromatic rings. The topological polar surface area (TPSA) is 54.0 Å². The largest absolute Gasteiger partial charge is 0.380 e. The van der Waals surface area contributed by atoms with Crippen molar-refractivity contribution < 1.29 is 4.79 Å². The van der Waals surface area contributed by atoms with E-state index >= 15 is 0 Å². The quantitative estimate of drug-likeness (QED) is 0.909. The molecule has 0 fully saturated rings. The van der Waals surface area contributed by atoms with Crippen molar-refractivity contribution in [3.05, 3.63) is 44.9 Å². The minimum atomic E-state index is -0.0615. The first-order valence-electron chi connectivity index (χ1n) is 6.50. The van der Waals surface area contributed by atoms with Crippen LogP contribution in [-0.4, -0.2) is 17.9 Å². The average Bonchev–Trinajstić information content (AvgIpc) is 2.74. The summed E-state index contributed by atoms with van der Waals surface area (Å²) in [5.41, 5.74) is 3.87. The third kappa shape index (κ3) is 3.17. The van der Waals surface area contributed by atoms with Crippen LogP contribution >= 0.6 is 11.3 Å². The van der Waals surface area contributed by atoms with E-state index < -0.39 is 0 Å². The Hall–Kier alpha value is -1.88. The van der Waals surface area contributed by atoms with Gasteiger partial charge in [0.2, 0.25) is 0 Å². The lowest BCUT2D eigenvalue weighted by molar-refractivity contribution is 0.0963. The van der Waals surface area contributed by atoms with Crippen molar-refractivity contribution in [3.8, 4) is 0 Å². The zero-order valence-corrected chi connectivity index (χ0v) is 13.0. The Balaban J connectivity index is 2.10. The number of hydrogen-bond donors (Lipinski definition) is 2. The number of carbonyl (C=O) groups excluding carboxylic acids is 1. The van der Waals surface area contributed by atoms with Crippen molar-refractivity contribution >= 4 is 22.9 Å². The number of amides is 1. The third-order valence-corrected chi connectivity index (χ3v) is 4.23. The molecule has 0 aliphatic carbocycles. The molecule has 0 aliphatic heterocycles. The van der Waals surface area contributed by atoms with Crippen LogP contribution in [0.25, 0.3) is 0 Å². The number of nitrogens with one attached hydrogen (secondary N) is 2. The molecule has 1 aromatic heterocycles. The Kier molecular flexibility index (Phi) is 4.39. The average molecular weight is 289 g/mol. The van der Waals surface area contributed by atoms with E-state index in [-0.39, 0.29) is 5.91 Å². The smallest absolute Gasteiger partial charge is 0.251 e. The number of hydrogen-bond acceptors (Lipinski definition) is 4. The van der Waals surface area contributed by atoms with Crippen molar-refractivity contribution in [2.24, 2.45) is 0 Å². The molecule has 2 N–H and O–H groups in total. The summed E-state index contributed by atoms with van der Waals surface area (Å²) in [7, 11) is 1.64. The zero-order chi connectivity index (χ0) is 14.7. The summed E-state index contributed by atoms with van der Waals surface area (Å²) in [5, 5.41) is 7.13. The zero-order valence-electron chi connectivity index (χ0n) is 12.2. The highest BCUT2D eigenvalue weighted by molar-refractivity contribution is 7.11. The van der Waals surface area contributed by atoms with Gasteiger partial charge in [-0.15, -0.1) is 11.3 Å². The first-order chi connectivity index (χ1) is 9.51. The maximum Gasteiger partial charge on any atom is 0.251 e. The predicted octanol–water partition coefficient (Wildman–Crippen LogP) is 3.04. The van der Waals surface area contributed by atoms with Crippen LogP contribution in [0.2, 0.25) is 0 Å². The van der Waals surface area contributed by atoms with Crippen LogP contribution in [0.15, 0.2) is 18.2 Å². The molecule has 4 nitrogen and oxygen atoms in total. The van der Waals surface area contributed by atoms with E-state index in [1.807, 2.05) is 39.0 Å². The van der Waals surface area contributed by atoms with Crippen LogP contribution in [0, 0.1) is 20.8 Å². The number of carbonyl (C=O) groups is 1. The molecular weight excluding hydrogens is 270 g/mol. The van der Waals surface area contributed by atoms with Gasteiger partial charge in [0.15, 0.2) is 0 Å². The molecule has 2 rings (SSSR count). The van der Waals surface area contributed by atoms with Gasteiger partial charge >= 0.3 is 0 Å². The van der Waals surface area contributed by atoms with Gasteiger partial charge in [-0.05, 0) is 44.5 Å². The summed E-state index contributed by atoms with van der Waals surface area (Å²) in [4.78, 5) is 17.2. The first kappa shape index (κ1) is 14.5. The summed E-state index contributed by atoms with van der Waals surface area (Å²) in [6.07, 6.45) is 0. The minimum Gasteiger partial charge on any atom is -0.380 e. The molecule has 0 atom stereocenters. The molecular formula is C15H19N3OS. The maximum atomic E-state index is 11.6. The van der Waals surface area contributed by atoms with Crippen molar-refractivity contribution in [2.75, 3.05) is 12.4 Å². The summed E-state index contributed by atoms with van der Waals surface area (Å²) < 4.78 is 0. The Morgan fingerprint density at radius 3 is 2.60 bits per heavy atom. The normalized spacial score (nSPS) is 10.4. The SMILES string of the molecule is CNC(=O)c1ccc(NCc2sc(C)nc2C)c(C)c1. The maximum absolute atomic E-state index is 11.6. The Labute approximate surface area is 123 Å². The second-order valence-electron chi connectivity index (χ2n) is 4.70. The second kappa shape index (κ2) is 6.05. The number of aromatic nitrogens is 1. The molecule has 0 spiro atoms. The highest BCUT2D eigenvalue weighted by Crippen LogP contribution is 2.21. The predicted molar refractivity (Wildman–Crippen MR) is 83.5 cm³/mol. The van der Waals surface area contributed by atoms with E-state index in [9.17, 15) is 4.79 Å². The van der Waals surface area contributed by atoms with Gasteiger partial charge in [-0.25, -0.2) is 4.98 Å². The summed E-state index contributed by atoms with van der Waals surface area (Å²) in [5.74, 6) is -0.0615. The number of benzene rings is 1. The van der Waals surface area contributed by atoms with Crippen molar-refractivity contribution in [1.82, 2.24) is 10.3 Å². The van der Waals surface area contributed by atoms with Gasteiger partial charge in [0.1, 0.15) is 0 Å². The van der Waals surface area contributed by atoms with Gasteiger partial charge in [-0.2, -0.15) is 0 Å². The summed E-state index contributed by atoms with van der Waals surface area (Å²) in [6, 6.07) is 5.67. The van der Waals surface area contributed by atoms with E-state index in [1.165, 1.54) is 4.88 Å². The molecule has 5 heteroatoms. The monoisotopic (exact) mass is 289 g/mol. The fourth-order valence-electron chi connectivity index (χ4n) is 2.06. The Morgan fingerprint density at radius 2 is 2.05 bits per heavy atom. The van der Waals surface area contributed by atoms with Gasteiger partial charge in [0.25, 0.3) is 5.91 Å². The first-order valence-corrected chi connectivity index (χ1v) is 7.32. The van der Waals surface area contributed by atoms with E-state index in [1.54, 1.807) is 18.4 Å². The molecule has 1 aromatic carbocycles. The lowest BCUT2D eigenvalue weighted by atomic mass is 10.1. The summed E-state index contributed by atoms with van der Waals surface area (Å²) in [6.45, 7) is 6.81. The number of nitrogens with zero attached hydrogens (tertiary/aromatic N) is 1. The number of anilines is 1. The van der Waals surface area contributed by atoms with Gasteiger partial charge in [-0.1, -0.05) is 0 Å². The molecule has 20 heavy (non-hydrogen) atoms. The van der Waals surface area contributed by atoms with Crippen molar-refractivity contribution in [2.45, 2.75) is 27.3 Å². The van der Waals surface area contributed by atoms with Gasteiger partial charge in [0, 0.05) is 23.2 Å². The molecule has 0 aliphatic rings. The van der Waals surface area contributed by atoms with Gasteiger partial charge < -0.3 is 10.6 Å². The van der Waals surface area contributed by atoms with Crippen molar-refractivity contribution in [1.29, 1.82) is 0 Å². The van der Waals surface area contributed by atoms with Crippen LogP contribution in [0.4, 0.5) is 5.69 Å². The third-order valence-electron chi connectivity index (χ3n) is 3.15. The lowest BCUT2D eigenvalue weighted by Gasteiger charge is -2.10. The van der Waals surface area contributed by atoms with Crippen molar-refractivity contribution in [3.63, 3.8) is 0 Å². The standard InChI is InChI=1S/C15H19N3OS/c1-9-7-12(15(19)16-4)5-6-13(9)17-8-14-10(2)18-11(3)20-14/h5-7,17H,8H2,1-4H3,(H,16,19). The molecule has 0 bridgehead atoms. The number of rotatable bonds is 4. The fourth-order valence-corrected chi connectivity index (χ4v) is 2.94. The van der Waals surface area contributed by atoms with E-state index in [0.717, 1.165) is 28.5 Å². The Morgan fingerprint density at radius 1 is 1.30 bits per heavy atom. The van der Waals surface area contributed by atoms with Crippen LogP contribution in [-0.2, 0) is 6.54 Å². The van der Waals surface area contributed by atoms with Gasteiger partial charge in [0.05, 0.1) is 17.2 Å². The molecule has 0 unspecified atom stereocenters. The van der Waals surface area contributed by atoms with E-state index in [4.69, 9.17) is 0 Å². The number of aryl methyl sites for hydroxylation is 3. The molecule has 1 amide bonds. The molecule has 0 saturated carbocycles. The van der Waals surface area contributed by atoms with Gasteiger partial charge in [-0.3, -0.25) is 4.79 Å². The van der Waals surface area contributed by atoms with Crippen LogP contribution in [0.5, 0.6) is 0 Å². The molecule has 0 radical (unpaired) electrons. The Bertz CT molecular complexity index is 634. The van der Waals surface area contributed by atoms with E-state index in [2.05, 4.69) is 15.6 Å². The lowest BCUT2D eigenvalue weighted by Crippen LogP contribution is -2.17. The van der Waals surface area contributed by atoms with Crippen LogP contribution in [0.3, 0.4) is 0 Å². The molecule has 106 valence electrons. The van der Waals surface area contributed by atoms with E-state index in [0.29, 0.717) is 5.56 Å². The molecule has 1 heterocycles. The summed E-state index contributed by atoms with van der Waals surface area (Å²) >= 11 is 1.71. The minimum absolute atomic E-state index is 0.0615. The molecule has 0 saturated heterocycles. The highest BCUT2D eigenvalue weighted by Gasteiger charge is 2.08. The fraction of sp³-hybridized carbons (Fsp3) is 0.333. The number of thiazole rings is 1. The van der Waals surface area contributed by atoms with Crippen LogP contribution in [0.1, 0.15) is 31.5 Å². The van der Waals surface area contributed by atoms with Crippen LogP contribution < -0.4 is 10.6 Å². The second-order valence-corrected chi connectivity index (χ2v) is 5.99. The highest BCUT2D eigenvalue weighted by atomic mass is 32.1.